The molecule has 350 valence electrons. The smallest absolute Gasteiger partial charge is 0.333 e. The highest BCUT2D eigenvalue weighted by Crippen LogP contribution is 2.71. The second-order valence-corrected chi connectivity index (χ2v) is 19.9. The number of nitrogens with zero attached hydrogens (tertiary/aromatic N) is 1. The average molecular weight is 892 g/mol. The molecule has 15 nitrogen and oxygen atoms in total. The normalized spacial score (nSPS) is 37.1. The van der Waals surface area contributed by atoms with Gasteiger partial charge in [0.2, 0.25) is 6.29 Å². The van der Waals surface area contributed by atoms with E-state index in [9.17, 15) is 25.2 Å². The number of ketones is 2. The summed E-state index contributed by atoms with van der Waals surface area (Å²) >= 11 is 0. The second kappa shape index (κ2) is 17.1. The number of esters is 1. The van der Waals surface area contributed by atoms with E-state index in [0.717, 1.165) is 11.1 Å². The van der Waals surface area contributed by atoms with Crippen LogP contribution in [0.15, 0.2) is 41.0 Å². The Labute approximate surface area is 375 Å². The Bertz CT molecular complexity index is 2180. The van der Waals surface area contributed by atoms with Gasteiger partial charge in [-0.2, -0.15) is 0 Å². The van der Waals surface area contributed by atoms with E-state index in [4.69, 9.17) is 33.2 Å². The summed E-state index contributed by atoms with van der Waals surface area (Å²) in [6, 6.07) is -0.632. The van der Waals surface area contributed by atoms with Gasteiger partial charge in [0.25, 0.3) is 0 Å². The Hall–Kier alpha value is -3.93. The van der Waals surface area contributed by atoms with Gasteiger partial charge in [-0.25, -0.2) is 4.79 Å². The molecule has 1 aromatic carbocycles. The predicted octanol–water partition coefficient (Wildman–Crippen LogP) is 4.19. The molecule has 3 saturated heterocycles. The van der Waals surface area contributed by atoms with E-state index in [1.54, 1.807) is 13.0 Å². The largest absolute Gasteiger partial charge is 0.482 e. The van der Waals surface area contributed by atoms with Crippen LogP contribution >= 0.6 is 0 Å². The van der Waals surface area contributed by atoms with E-state index < -0.39 is 89.5 Å². The highest BCUT2D eigenvalue weighted by atomic mass is 16.7. The monoisotopic (exact) mass is 891 g/mol. The van der Waals surface area contributed by atoms with E-state index in [-0.39, 0.29) is 47.0 Å². The molecule has 5 aliphatic heterocycles. The average Bonchev–Trinajstić information content (AvgIpc) is 3.40. The van der Waals surface area contributed by atoms with Gasteiger partial charge in [-0.3, -0.25) is 14.5 Å². The topological polar surface area (TPSA) is 200 Å². The first-order valence-corrected chi connectivity index (χ1v) is 22.6. The highest BCUT2D eigenvalue weighted by Gasteiger charge is 2.86. The lowest BCUT2D eigenvalue weighted by Gasteiger charge is -2.64. The molecule has 3 aliphatic carbocycles. The molecule has 12 atom stereocenters. The van der Waals surface area contributed by atoms with Gasteiger partial charge in [-0.05, 0) is 93.2 Å². The first-order valence-electron chi connectivity index (χ1n) is 22.6. The van der Waals surface area contributed by atoms with Crippen LogP contribution in [0.5, 0.6) is 17.2 Å². The van der Waals surface area contributed by atoms with Crippen LogP contribution in [0.4, 0.5) is 0 Å². The van der Waals surface area contributed by atoms with Crippen molar-refractivity contribution in [2.75, 3.05) is 40.0 Å². The molecule has 64 heavy (non-hydrogen) atoms. The number of aliphatic hydroxyl groups excluding tert-OH is 4. The molecule has 15 heteroatoms. The van der Waals surface area contributed by atoms with E-state index in [1.807, 2.05) is 66.7 Å². The summed E-state index contributed by atoms with van der Waals surface area (Å²) in [6.45, 7) is 16.5. The maximum atomic E-state index is 16.5. The second-order valence-electron chi connectivity index (χ2n) is 19.9. The molecule has 3 saturated carbocycles. The van der Waals surface area contributed by atoms with Gasteiger partial charge in [0.05, 0.1) is 44.0 Å². The molecule has 0 radical (unpaired) electrons. The van der Waals surface area contributed by atoms with Crippen molar-refractivity contribution in [3.8, 4) is 17.2 Å². The molecule has 0 amide bonds. The minimum absolute atomic E-state index is 0.0331. The first kappa shape index (κ1) is 46.6. The molecule has 0 aromatic heterocycles. The number of hydrogen-bond donors (Lipinski definition) is 4. The van der Waals surface area contributed by atoms with Crippen molar-refractivity contribution in [1.82, 2.24) is 4.90 Å². The quantitative estimate of drug-likeness (QED) is 0.132. The fourth-order valence-electron chi connectivity index (χ4n) is 11.6. The van der Waals surface area contributed by atoms with Crippen LogP contribution in [0.3, 0.4) is 0 Å². The van der Waals surface area contributed by atoms with Crippen molar-refractivity contribution >= 4 is 23.6 Å². The summed E-state index contributed by atoms with van der Waals surface area (Å²) in [5, 5.41) is 43.2. The molecule has 6 fully saturated rings. The van der Waals surface area contributed by atoms with Crippen molar-refractivity contribution in [2.24, 2.45) is 17.8 Å². The van der Waals surface area contributed by atoms with E-state index in [1.165, 1.54) is 7.11 Å². The molecule has 1 spiro atoms. The van der Waals surface area contributed by atoms with Crippen molar-refractivity contribution in [1.29, 1.82) is 0 Å². The summed E-state index contributed by atoms with van der Waals surface area (Å²) in [6.07, 6.45) is 3.27. The highest BCUT2D eigenvalue weighted by molar-refractivity contribution is 6.10. The van der Waals surface area contributed by atoms with Gasteiger partial charge in [0.1, 0.15) is 52.8 Å². The zero-order valence-electron chi connectivity index (χ0n) is 38.5. The van der Waals surface area contributed by atoms with Crippen LogP contribution in [-0.4, -0.2) is 142 Å². The molecular formula is C49H65NO14. The summed E-state index contributed by atoms with van der Waals surface area (Å²) in [7, 11) is 1.29. The van der Waals surface area contributed by atoms with Gasteiger partial charge in [-0.15, -0.1) is 0 Å². The van der Waals surface area contributed by atoms with Gasteiger partial charge in [0, 0.05) is 48.5 Å². The summed E-state index contributed by atoms with van der Waals surface area (Å²) in [4.78, 5) is 47.0. The lowest BCUT2D eigenvalue weighted by atomic mass is 9.44. The Kier molecular flexibility index (Phi) is 12.4. The zero-order chi connectivity index (χ0) is 46.3. The number of carbonyl (C=O) groups excluding carboxylic acids is 3. The summed E-state index contributed by atoms with van der Waals surface area (Å²) < 4.78 is 45.3. The van der Waals surface area contributed by atoms with Gasteiger partial charge in [0.15, 0.2) is 22.8 Å². The van der Waals surface area contributed by atoms with E-state index in [0.29, 0.717) is 62.4 Å². The molecular weight excluding hydrogens is 827 g/mol. The Morgan fingerprint density at radius 1 is 0.938 bits per heavy atom. The third kappa shape index (κ3) is 7.29. The number of hydrogen-bond acceptors (Lipinski definition) is 15. The molecule has 8 aliphatic rings. The Morgan fingerprint density at radius 3 is 2.30 bits per heavy atom. The number of aliphatic hydroxyl groups is 4. The third-order valence-electron chi connectivity index (χ3n) is 14.8. The van der Waals surface area contributed by atoms with Crippen molar-refractivity contribution < 1.29 is 68.0 Å². The predicted molar refractivity (Wildman–Crippen MR) is 233 cm³/mol. The summed E-state index contributed by atoms with van der Waals surface area (Å²) in [5.74, 6) is -2.80. The maximum absolute atomic E-state index is 16.5. The minimum atomic E-state index is -1.80. The minimum Gasteiger partial charge on any atom is -0.482 e. The summed E-state index contributed by atoms with van der Waals surface area (Å²) in [5.41, 5.74) is -1.73. The number of carbonyl (C=O) groups is 3. The number of ether oxygens (including phenoxy) is 7. The van der Waals surface area contributed by atoms with Crippen LogP contribution in [0.2, 0.25) is 0 Å². The Balaban J connectivity index is 1.42. The number of benzene rings is 1. The van der Waals surface area contributed by atoms with Gasteiger partial charge in [-0.1, -0.05) is 29.4 Å². The van der Waals surface area contributed by atoms with Gasteiger partial charge < -0.3 is 53.6 Å². The molecule has 5 heterocycles. The van der Waals surface area contributed by atoms with Gasteiger partial charge >= 0.3 is 5.97 Å². The number of Topliss-reactive ketones (excluding diaryl/α,β-unsaturated/α-hetero) is 2. The van der Waals surface area contributed by atoms with Crippen molar-refractivity contribution in [3.05, 3.63) is 57.7 Å². The van der Waals surface area contributed by atoms with Crippen LogP contribution in [0.1, 0.15) is 103 Å². The molecule has 7 unspecified atom stereocenters. The van der Waals surface area contributed by atoms with Crippen LogP contribution < -0.4 is 14.2 Å². The standard InChI is InChI=1S/C49H65NO14/c1-25(2)11-10-16-47(8)17-15-29-40(62-47)28(13-12-26(3)4)42-33(41(29)61-45-39(55)38(54)36(52)31(24-51)60-45)37(53)34-35(50-19-21-59-22-20-50)30-23-32-46(6,7)64-48(43(30)56,49(32,34)63-42)18-14-27(5)44(57)58-9/h11-12,14-15,17,30-32,34-36,38-39,45,51-52,54-55H,10,13,16,18-24H2,1-9H3/b27-14-/t30?,31-,32?,34?,35?,36-,38+,39-,45+,47?,48?,49?/m1/s1. The maximum Gasteiger partial charge on any atom is 0.333 e. The fraction of sp³-hybridized carbons (Fsp3) is 0.653. The lowest BCUT2D eigenvalue weighted by molar-refractivity contribution is -0.277. The number of rotatable bonds is 12. The van der Waals surface area contributed by atoms with Crippen LogP contribution in [0, 0.1) is 17.8 Å². The Morgan fingerprint density at radius 2 is 1.64 bits per heavy atom. The fourth-order valence-corrected chi connectivity index (χ4v) is 11.6. The van der Waals surface area contributed by atoms with E-state index in [2.05, 4.69) is 11.0 Å². The number of allylic oxidation sites excluding steroid dienone is 4. The number of methoxy groups -OCH3 is 1. The van der Waals surface area contributed by atoms with E-state index >= 15 is 9.59 Å². The van der Waals surface area contributed by atoms with Crippen molar-refractivity contribution in [3.63, 3.8) is 0 Å². The SMILES string of the molecule is COC(=O)/C(C)=C\CC12OC(C)(C)C3CC(C1=O)C(N1CCOCC1)C1C(=O)c4c(O[C@@H]5O[C@H](CO)[C@@H](O)[C@H](O)[C@H]5O)c5c(c(CC=C(C)C)c4OC132)OC(C)(CCC=C(C)C)C=C5. The zero-order valence-corrected chi connectivity index (χ0v) is 38.5. The molecule has 1 aromatic rings. The number of morpholine rings is 1. The van der Waals surface area contributed by atoms with Crippen LogP contribution in [0.25, 0.3) is 6.08 Å². The van der Waals surface area contributed by atoms with Crippen molar-refractivity contribution in [2.45, 2.75) is 147 Å². The molecule has 4 bridgehead atoms. The van der Waals surface area contributed by atoms with Crippen LogP contribution in [-0.2, 0) is 35.0 Å². The number of fused-ring (bicyclic) bond motifs is 2. The lowest BCUT2D eigenvalue weighted by Crippen LogP contribution is -2.82. The third-order valence-corrected chi connectivity index (χ3v) is 14.8. The molecule has 9 rings (SSSR count). The first-order chi connectivity index (χ1) is 30.3. The molecule has 4 N–H and O–H groups in total.